The molecule has 8 heteroatoms. The zero-order valence-electron chi connectivity index (χ0n) is 15.4. The van der Waals surface area contributed by atoms with Crippen LogP contribution in [0.2, 0.25) is 0 Å². The van der Waals surface area contributed by atoms with Crippen LogP contribution in [0.1, 0.15) is 30.1 Å². The number of methoxy groups -OCH3 is 1. The fourth-order valence-electron chi connectivity index (χ4n) is 2.76. The number of ether oxygens (including phenoxy) is 1. The molecule has 0 saturated heterocycles. The van der Waals surface area contributed by atoms with Crippen molar-refractivity contribution in [1.82, 2.24) is 30.0 Å². The van der Waals surface area contributed by atoms with E-state index in [0.717, 1.165) is 39.1 Å². The minimum absolute atomic E-state index is 0.561. The monoisotopic (exact) mass is 380 g/mol. The molecule has 138 valence electrons. The summed E-state index contributed by atoms with van der Waals surface area (Å²) in [6.07, 6.45) is 4.93. The number of hydrogen-bond donors (Lipinski definition) is 1. The topological polar surface area (TPSA) is 81.0 Å². The first-order valence-corrected chi connectivity index (χ1v) is 9.53. The molecule has 4 rings (SSSR count). The average Bonchev–Trinajstić information content (AvgIpc) is 3.35. The maximum atomic E-state index is 5.18. The number of hydrogen-bond acceptors (Lipinski definition) is 6. The quantitative estimate of drug-likeness (QED) is 0.548. The third kappa shape index (κ3) is 3.75. The van der Waals surface area contributed by atoms with E-state index in [-0.39, 0.29) is 0 Å². The highest BCUT2D eigenvalue weighted by Crippen LogP contribution is 2.23. The maximum absolute atomic E-state index is 5.18. The van der Waals surface area contributed by atoms with Gasteiger partial charge in [0.1, 0.15) is 16.5 Å². The van der Waals surface area contributed by atoms with E-state index in [1.807, 2.05) is 42.5 Å². The molecular weight excluding hydrogens is 360 g/mol. The van der Waals surface area contributed by atoms with Gasteiger partial charge in [-0.15, -0.1) is 10.2 Å². The van der Waals surface area contributed by atoms with Crippen LogP contribution in [0.3, 0.4) is 0 Å². The molecule has 1 aromatic carbocycles. The minimum Gasteiger partial charge on any atom is -0.497 e. The summed E-state index contributed by atoms with van der Waals surface area (Å²) in [5.41, 5.74) is 2.92. The molecule has 3 aromatic heterocycles. The van der Waals surface area contributed by atoms with E-state index in [4.69, 9.17) is 4.74 Å². The second-order valence-corrected chi connectivity index (χ2v) is 7.63. The van der Waals surface area contributed by atoms with Gasteiger partial charge in [-0.25, -0.2) is 0 Å². The Bertz CT molecular complexity index is 1070. The largest absolute Gasteiger partial charge is 0.497 e. The SMILES string of the molecule is COc1ccc(C=Cc2nn3c(-c4cc(CC(C)C)[nH]n4)nnc3s2)cc1. The van der Waals surface area contributed by atoms with Gasteiger partial charge in [0, 0.05) is 5.69 Å². The highest BCUT2D eigenvalue weighted by molar-refractivity contribution is 7.17. The van der Waals surface area contributed by atoms with Gasteiger partial charge < -0.3 is 4.74 Å². The van der Waals surface area contributed by atoms with Gasteiger partial charge in [-0.1, -0.05) is 43.4 Å². The Morgan fingerprint density at radius 1 is 1.19 bits per heavy atom. The van der Waals surface area contributed by atoms with E-state index in [9.17, 15) is 0 Å². The van der Waals surface area contributed by atoms with Crippen molar-refractivity contribution in [3.63, 3.8) is 0 Å². The molecule has 4 aromatic rings. The Morgan fingerprint density at radius 2 is 2.00 bits per heavy atom. The van der Waals surface area contributed by atoms with E-state index in [1.165, 1.54) is 11.3 Å². The average molecular weight is 380 g/mol. The van der Waals surface area contributed by atoms with Crippen LogP contribution in [-0.4, -0.2) is 37.1 Å². The summed E-state index contributed by atoms with van der Waals surface area (Å²) in [6, 6.07) is 9.88. The Hall–Kier alpha value is -3.00. The van der Waals surface area contributed by atoms with Gasteiger partial charge in [-0.05, 0) is 42.2 Å². The van der Waals surface area contributed by atoms with Crippen LogP contribution >= 0.6 is 11.3 Å². The van der Waals surface area contributed by atoms with Gasteiger partial charge in [-0.2, -0.15) is 14.7 Å². The number of nitrogens with zero attached hydrogens (tertiary/aromatic N) is 5. The maximum Gasteiger partial charge on any atom is 0.235 e. The number of aromatic nitrogens is 6. The van der Waals surface area contributed by atoms with Crippen molar-refractivity contribution in [2.75, 3.05) is 7.11 Å². The van der Waals surface area contributed by atoms with Crippen molar-refractivity contribution in [2.45, 2.75) is 20.3 Å². The summed E-state index contributed by atoms with van der Waals surface area (Å²) in [5.74, 6) is 2.05. The molecule has 0 spiro atoms. The number of rotatable bonds is 6. The number of aromatic amines is 1. The van der Waals surface area contributed by atoms with Crippen molar-refractivity contribution in [2.24, 2.45) is 5.92 Å². The molecule has 0 atom stereocenters. The molecule has 0 aliphatic carbocycles. The van der Waals surface area contributed by atoms with Gasteiger partial charge in [0.2, 0.25) is 10.8 Å². The first kappa shape index (κ1) is 17.4. The molecule has 7 nitrogen and oxygen atoms in total. The van der Waals surface area contributed by atoms with Crippen molar-refractivity contribution in [1.29, 1.82) is 0 Å². The molecular formula is C19H20N6OS. The molecule has 0 amide bonds. The molecule has 0 saturated carbocycles. The Labute approximate surface area is 160 Å². The molecule has 1 N–H and O–H groups in total. The minimum atomic E-state index is 0.561. The van der Waals surface area contributed by atoms with Crippen LogP contribution < -0.4 is 4.74 Å². The molecule has 27 heavy (non-hydrogen) atoms. The molecule has 0 unspecified atom stereocenters. The first-order chi connectivity index (χ1) is 13.1. The van der Waals surface area contributed by atoms with Crippen LogP contribution in [0, 0.1) is 5.92 Å². The highest BCUT2D eigenvalue weighted by atomic mass is 32.1. The lowest BCUT2D eigenvalue weighted by Crippen LogP contribution is -1.93. The molecule has 3 heterocycles. The van der Waals surface area contributed by atoms with Gasteiger partial charge >= 0.3 is 0 Å². The third-order valence-corrected chi connectivity index (χ3v) is 4.89. The molecule has 0 aliphatic rings. The van der Waals surface area contributed by atoms with E-state index in [1.54, 1.807) is 11.6 Å². The van der Waals surface area contributed by atoms with E-state index in [2.05, 4.69) is 39.3 Å². The lowest BCUT2D eigenvalue weighted by atomic mass is 10.1. The third-order valence-electron chi connectivity index (χ3n) is 4.03. The zero-order chi connectivity index (χ0) is 18.8. The molecule has 0 radical (unpaired) electrons. The number of nitrogens with one attached hydrogen (secondary N) is 1. The lowest BCUT2D eigenvalue weighted by molar-refractivity contribution is 0.415. The second-order valence-electron chi connectivity index (χ2n) is 6.64. The van der Waals surface area contributed by atoms with Gasteiger partial charge in [-0.3, -0.25) is 5.10 Å². The van der Waals surface area contributed by atoms with Crippen molar-refractivity contribution < 1.29 is 4.74 Å². The van der Waals surface area contributed by atoms with Crippen LogP contribution in [0.4, 0.5) is 0 Å². The highest BCUT2D eigenvalue weighted by Gasteiger charge is 2.15. The van der Waals surface area contributed by atoms with Crippen molar-refractivity contribution in [3.8, 4) is 17.3 Å². The van der Waals surface area contributed by atoms with E-state index in [0.29, 0.717) is 11.7 Å². The summed E-state index contributed by atoms with van der Waals surface area (Å²) in [6.45, 7) is 4.36. The Morgan fingerprint density at radius 3 is 2.74 bits per heavy atom. The fraction of sp³-hybridized carbons (Fsp3) is 0.263. The molecule has 0 aliphatic heterocycles. The summed E-state index contributed by atoms with van der Waals surface area (Å²) >= 11 is 1.49. The molecule has 0 bridgehead atoms. The number of fused-ring (bicyclic) bond motifs is 1. The Kier molecular flexibility index (Phi) is 4.72. The lowest BCUT2D eigenvalue weighted by Gasteiger charge is -1.98. The predicted molar refractivity (Wildman–Crippen MR) is 107 cm³/mol. The normalized spacial score (nSPS) is 11.9. The van der Waals surface area contributed by atoms with Crippen LogP contribution in [0.15, 0.2) is 30.3 Å². The van der Waals surface area contributed by atoms with E-state index >= 15 is 0 Å². The van der Waals surface area contributed by atoms with Crippen molar-refractivity contribution >= 4 is 28.4 Å². The van der Waals surface area contributed by atoms with E-state index < -0.39 is 0 Å². The standard InChI is InChI=1S/C19H20N6OS/c1-12(2)10-14-11-16(21-20-14)18-22-23-19-25(18)24-17(27-19)9-6-13-4-7-15(26-3)8-5-13/h4-9,11-12H,10H2,1-3H3,(H,20,21). The number of H-pyrrole nitrogens is 1. The van der Waals surface area contributed by atoms with Gasteiger partial charge in [0.05, 0.1) is 7.11 Å². The van der Waals surface area contributed by atoms with Crippen LogP contribution in [0.25, 0.3) is 28.6 Å². The second kappa shape index (κ2) is 7.32. The smallest absolute Gasteiger partial charge is 0.235 e. The van der Waals surface area contributed by atoms with Gasteiger partial charge in [0.25, 0.3) is 0 Å². The molecule has 0 fully saturated rings. The Balaban J connectivity index is 1.58. The van der Waals surface area contributed by atoms with Gasteiger partial charge in [0.15, 0.2) is 0 Å². The first-order valence-electron chi connectivity index (χ1n) is 8.71. The summed E-state index contributed by atoms with van der Waals surface area (Å²) in [7, 11) is 1.66. The van der Waals surface area contributed by atoms with Crippen LogP contribution in [0.5, 0.6) is 5.75 Å². The zero-order valence-corrected chi connectivity index (χ0v) is 16.2. The summed E-state index contributed by atoms with van der Waals surface area (Å²) in [4.78, 5) is 0.743. The number of benzene rings is 1. The van der Waals surface area contributed by atoms with Crippen molar-refractivity contribution in [3.05, 3.63) is 46.6 Å². The summed E-state index contributed by atoms with van der Waals surface area (Å²) in [5, 5.41) is 21.4. The fourth-order valence-corrected chi connectivity index (χ4v) is 3.50. The van der Waals surface area contributed by atoms with Crippen LogP contribution in [-0.2, 0) is 6.42 Å². The predicted octanol–water partition coefficient (Wildman–Crippen LogP) is 3.95. The summed E-state index contributed by atoms with van der Waals surface area (Å²) < 4.78 is 6.92.